The number of hydrogen-bond acceptors (Lipinski definition) is 4. The van der Waals surface area contributed by atoms with Crippen LogP contribution >= 0.6 is 12.4 Å². The Hall–Kier alpha value is -1.99. The van der Waals surface area contributed by atoms with Gasteiger partial charge in [-0.05, 0) is 37.7 Å². The second-order valence-electron chi connectivity index (χ2n) is 4.64. The second kappa shape index (κ2) is 9.11. The lowest BCUT2D eigenvalue weighted by Crippen LogP contribution is -2.26. The van der Waals surface area contributed by atoms with Gasteiger partial charge in [0.25, 0.3) is 5.91 Å². The largest absolute Gasteiger partial charge is 0.351 e. The molecule has 0 aliphatic carbocycles. The number of rotatable bonds is 7. The first-order valence-electron chi connectivity index (χ1n) is 6.76. The third-order valence-electron chi connectivity index (χ3n) is 2.89. The Kier molecular flexibility index (Phi) is 7.48. The minimum atomic E-state index is -0.296. The summed E-state index contributed by atoms with van der Waals surface area (Å²) < 4.78 is 14.6. The van der Waals surface area contributed by atoms with Crippen molar-refractivity contribution in [3.63, 3.8) is 0 Å². The maximum absolute atomic E-state index is 13.1. The molecule has 0 aliphatic heterocycles. The first-order valence-corrected chi connectivity index (χ1v) is 6.76. The van der Waals surface area contributed by atoms with E-state index in [9.17, 15) is 9.18 Å². The van der Waals surface area contributed by atoms with Crippen LogP contribution in [0.2, 0.25) is 0 Å². The van der Waals surface area contributed by atoms with Crippen molar-refractivity contribution in [3.05, 3.63) is 47.5 Å². The molecule has 0 atom stereocenters. The predicted molar refractivity (Wildman–Crippen MR) is 83.6 cm³/mol. The summed E-state index contributed by atoms with van der Waals surface area (Å²) in [6, 6.07) is 6.24. The molecule has 2 rings (SSSR count). The zero-order valence-corrected chi connectivity index (χ0v) is 13.1. The SMILES string of the molecule is CNCCCNC(=O)c1cn(Cc2cccc(F)c2)nn1.Cl. The Morgan fingerprint density at radius 3 is 2.91 bits per heavy atom. The number of carbonyl (C=O) groups excluding carboxylic acids is 1. The van der Waals surface area contributed by atoms with Crippen LogP contribution in [0, 0.1) is 5.82 Å². The molecule has 0 aliphatic rings. The number of nitrogens with zero attached hydrogens (tertiary/aromatic N) is 3. The van der Waals surface area contributed by atoms with Crippen LogP contribution in [0.3, 0.4) is 0 Å². The van der Waals surface area contributed by atoms with Gasteiger partial charge in [0.1, 0.15) is 5.82 Å². The van der Waals surface area contributed by atoms with E-state index in [0.29, 0.717) is 13.1 Å². The first-order chi connectivity index (χ1) is 10.2. The fourth-order valence-corrected chi connectivity index (χ4v) is 1.86. The highest BCUT2D eigenvalue weighted by Crippen LogP contribution is 2.05. The molecule has 0 radical (unpaired) electrons. The lowest BCUT2D eigenvalue weighted by atomic mass is 10.2. The highest BCUT2D eigenvalue weighted by Gasteiger charge is 2.10. The van der Waals surface area contributed by atoms with E-state index in [1.165, 1.54) is 16.8 Å². The average Bonchev–Trinajstić information content (AvgIpc) is 2.92. The van der Waals surface area contributed by atoms with Crippen LogP contribution in [-0.4, -0.2) is 41.0 Å². The summed E-state index contributed by atoms with van der Waals surface area (Å²) in [5.74, 6) is -0.549. The summed E-state index contributed by atoms with van der Waals surface area (Å²) in [4.78, 5) is 11.8. The van der Waals surface area contributed by atoms with Crippen LogP contribution in [0.15, 0.2) is 30.5 Å². The topological polar surface area (TPSA) is 71.8 Å². The van der Waals surface area contributed by atoms with Crippen LogP contribution in [0.1, 0.15) is 22.5 Å². The van der Waals surface area contributed by atoms with Crippen molar-refractivity contribution in [2.75, 3.05) is 20.1 Å². The summed E-state index contributed by atoms with van der Waals surface area (Å²) in [7, 11) is 1.86. The predicted octanol–water partition coefficient (Wildman–Crippen LogP) is 1.23. The molecule has 1 aromatic heterocycles. The fraction of sp³-hybridized carbons (Fsp3) is 0.357. The Morgan fingerprint density at radius 2 is 2.18 bits per heavy atom. The molecule has 0 spiro atoms. The van der Waals surface area contributed by atoms with E-state index in [0.717, 1.165) is 18.5 Å². The molecule has 0 fully saturated rings. The number of aromatic nitrogens is 3. The van der Waals surface area contributed by atoms with E-state index >= 15 is 0 Å². The molecule has 0 saturated heterocycles. The van der Waals surface area contributed by atoms with Crippen molar-refractivity contribution in [3.8, 4) is 0 Å². The van der Waals surface area contributed by atoms with Crippen molar-refractivity contribution in [2.24, 2.45) is 0 Å². The van der Waals surface area contributed by atoms with Gasteiger partial charge in [0.05, 0.1) is 12.7 Å². The maximum Gasteiger partial charge on any atom is 0.273 e. The zero-order chi connectivity index (χ0) is 15.1. The van der Waals surface area contributed by atoms with Crippen molar-refractivity contribution in [2.45, 2.75) is 13.0 Å². The Labute approximate surface area is 134 Å². The van der Waals surface area contributed by atoms with E-state index in [1.807, 2.05) is 7.05 Å². The molecule has 2 aromatic rings. The normalized spacial score (nSPS) is 10.1. The highest BCUT2D eigenvalue weighted by atomic mass is 35.5. The number of benzene rings is 1. The summed E-state index contributed by atoms with van der Waals surface area (Å²) in [6.07, 6.45) is 2.40. The van der Waals surface area contributed by atoms with Gasteiger partial charge in [0, 0.05) is 6.54 Å². The standard InChI is InChI=1S/C14H18FN5O.ClH/c1-16-6-3-7-17-14(21)13-10-20(19-18-13)9-11-4-2-5-12(15)8-11;/h2,4-5,8,10,16H,3,6-7,9H2,1H3,(H,17,21);1H. The van der Waals surface area contributed by atoms with Gasteiger partial charge < -0.3 is 10.6 Å². The van der Waals surface area contributed by atoms with Gasteiger partial charge >= 0.3 is 0 Å². The van der Waals surface area contributed by atoms with Gasteiger partial charge in [-0.1, -0.05) is 17.3 Å². The molecule has 1 heterocycles. The molecule has 1 aromatic carbocycles. The quantitative estimate of drug-likeness (QED) is 0.750. The average molecular weight is 328 g/mol. The third-order valence-corrected chi connectivity index (χ3v) is 2.89. The number of carbonyl (C=O) groups is 1. The van der Waals surface area contributed by atoms with Crippen LogP contribution in [0.4, 0.5) is 4.39 Å². The number of halogens is 2. The van der Waals surface area contributed by atoms with E-state index < -0.39 is 0 Å². The van der Waals surface area contributed by atoms with Crippen molar-refractivity contribution in [1.29, 1.82) is 0 Å². The number of amides is 1. The van der Waals surface area contributed by atoms with Gasteiger partial charge in [-0.2, -0.15) is 0 Å². The molecule has 8 heteroatoms. The smallest absolute Gasteiger partial charge is 0.273 e. The molecule has 2 N–H and O–H groups in total. The third kappa shape index (κ3) is 5.42. The summed E-state index contributed by atoms with van der Waals surface area (Å²) >= 11 is 0. The molecule has 0 unspecified atom stereocenters. The van der Waals surface area contributed by atoms with E-state index in [4.69, 9.17) is 0 Å². The summed E-state index contributed by atoms with van der Waals surface area (Å²) in [6.45, 7) is 1.79. The van der Waals surface area contributed by atoms with Gasteiger partial charge in [0.15, 0.2) is 5.69 Å². The molecule has 1 amide bonds. The fourth-order valence-electron chi connectivity index (χ4n) is 1.86. The molecule has 120 valence electrons. The zero-order valence-electron chi connectivity index (χ0n) is 12.3. The van der Waals surface area contributed by atoms with Crippen LogP contribution < -0.4 is 10.6 Å². The minimum absolute atomic E-state index is 0. The molecule has 22 heavy (non-hydrogen) atoms. The van der Waals surface area contributed by atoms with Gasteiger partial charge in [-0.25, -0.2) is 9.07 Å². The first kappa shape index (κ1) is 18.1. The van der Waals surface area contributed by atoms with Gasteiger partial charge in [0.2, 0.25) is 0 Å². The summed E-state index contributed by atoms with van der Waals surface area (Å²) in [5, 5.41) is 13.5. The van der Waals surface area contributed by atoms with E-state index in [1.54, 1.807) is 18.3 Å². The minimum Gasteiger partial charge on any atom is -0.351 e. The Morgan fingerprint density at radius 1 is 1.36 bits per heavy atom. The maximum atomic E-state index is 13.1. The van der Waals surface area contributed by atoms with Crippen LogP contribution in [0.25, 0.3) is 0 Å². The molecule has 0 bridgehead atoms. The lowest BCUT2D eigenvalue weighted by molar-refractivity contribution is 0.0948. The Bertz CT molecular complexity index is 604. The second-order valence-corrected chi connectivity index (χ2v) is 4.64. The molecular formula is C14H19ClFN5O. The molecule has 0 saturated carbocycles. The van der Waals surface area contributed by atoms with E-state index in [2.05, 4.69) is 20.9 Å². The van der Waals surface area contributed by atoms with Gasteiger partial charge in [-0.15, -0.1) is 17.5 Å². The molecule has 6 nitrogen and oxygen atoms in total. The monoisotopic (exact) mass is 327 g/mol. The van der Waals surface area contributed by atoms with Crippen molar-refractivity contribution >= 4 is 18.3 Å². The lowest BCUT2D eigenvalue weighted by Gasteiger charge is -2.02. The summed E-state index contributed by atoms with van der Waals surface area (Å²) in [5.41, 5.74) is 1.02. The van der Waals surface area contributed by atoms with Crippen LogP contribution in [0.5, 0.6) is 0 Å². The van der Waals surface area contributed by atoms with Crippen LogP contribution in [-0.2, 0) is 6.54 Å². The number of nitrogens with one attached hydrogen (secondary N) is 2. The number of hydrogen-bond donors (Lipinski definition) is 2. The van der Waals surface area contributed by atoms with Crippen molar-refractivity contribution < 1.29 is 9.18 Å². The van der Waals surface area contributed by atoms with E-state index in [-0.39, 0.29) is 29.8 Å². The molecular weight excluding hydrogens is 309 g/mol. The highest BCUT2D eigenvalue weighted by molar-refractivity contribution is 5.91. The van der Waals surface area contributed by atoms with Crippen molar-refractivity contribution in [1.82, 2.24) is 25.6 Å². The van der Waals surface area contributed by atoms with Gasteiger partial charge in [-0.3, -0.25) is 4.79 Å². The Balaban J connectivity index is 0.00000242.